The molecule has 0 amide bonds. The van der Waals surface area contributed by atoms with Gasteiger partial charge in [0.05, 0.1) is 5.69 Å². The standard InChI is InChI=1S/C24H25N3OS/c1-15-9-11-18(12-10-15)25-23-27-21(24(2,3)4)20(29-23)14-17-13-16-7-5-6-8-19(16)26-22(17)28/h5-13H,14H2,1-4H3,(H,25,27)(H,26,28). The fourth-order valence-electron chi connectivity index (χ4n) is 3.37. The minimum atomic E-state index is -0.108. The normalized spacial score (nSPS) is 11.7. The molecule has 5 heteroatoms. The third kappa shape index (κ3) is 4.25. The fourth-order valence-corrected chi connectivity index (χ4v) is 4.58. The van der Waals surface area contributed by atoms with Crippen LogP contribution in [0.2, 0.25) is 0 Å². The number of aryl methyl sites for hydroxylation is 1. The van der Waals surface area contributed by atoms with Crippen molar-refractivity contribution in [3.8, 4) is 0 Å². The Balaban J connectivity index is 1.71. The van der Waals surface area contributed by atoms with Gasteiger partial charge in [-0.15, -0.1) is 11.3 Å². The minimum absolute atomic E-state index is 0.0370. The minimum Gasteiger partial charge on any atom is -0.332 e. The number of aromatic amines is 1. The fraction of sp³-hybridized carbons (Fsp3) is 0.250. The number of para-hydroxylation sites is 1. The molecule has 2 heterocycles. The zero-order chi connectivity index (χ0) is 20.6. The van der Waals surface area contributed by atoms with Crippen molar-refractivity contribution in [1.29, 1.82) is 0 Å². The van der Waals surface area contributed by atoms with Crippen LogP contribution in [0, 0.1) is 6.92 Å². The lowest BCUT2D eigenvalue weighted by atomic mass is 9.90. The van der Waals surface area contributed by atoms with Crippen molar-refractivity contribution < 1.29 is 0 Å². The van der Waals surface area contributed by atoms with Gasteiger partial charge in [-0.3, -0.25) is 4.79 Å². The lowest BCUT2D eigenvalue weighted by Gasteiger charge is -2.17. The molecule has 0 aliphatic carbocycles. The lowest BCUT2D eigenvalue weighted by Crippen LogP contribution is -2.17. The predicted octanol–water partition coefficient (Wildman–Crippen LogP) is 5.92. The lowest BCUT2D eigenvalue weighted by molar-refractivity contribution is 0.568. The number of fused-ring (bicyclic) bond motifs is 1. The highest BCUT2D eigenvalue weighted by molar-refractivity contribution is 7.15. The first-order valence-electron chi connectivity index (χ1n) is 9.74. The number of nitrogens with zero attached hydrogens (tertiary/aromatic N) is 1. The van der Waals surface area contributed by atoms with E-state index in [1.54, 1.807) is 11.3 Å². The van der Waals surface area contributed by atoms with E-state index in [0.717, 1.165) is 37.9 Å². The molecular weight excluding hydrogens is 378 g/mol. The molecule has 4 nitrogen and oxygen atoms in total. The van der Waals surface area contributed by atoms with Gasteiger partial charge in [-0.1, -0.05) is 56.7 Å². The summed E-state index contributed by atoms with van der Waals surface area (Å²) in [6.45, 7) is 8.55. The Labute approximate surface area is 174 Å². The van der Waals surface area contributed by atoms with Crippen LogP contribution in [0.3, 0.4) is 0 Å². The molecule has 2 aromatic heterocycles. The maximum atomic E-state index is 12.6. The van der Waals surface area contributed by atoms with Crippen LogP contribution < -0.4 is 10.9 Å². The largest absolute Gasteiger partial charge is 0.332 e. The van der Waals surface area contributed by atoms with Crippen LogP contribution in [-0.4, -0.2) is 9.97 Å². The van der Waals surface area contributed by atoms with Gasteiger partial charge in [0.25, 0.3) is 5.56 Å². The number of H-pyrrole nitrogens is 1. The highest BCUT2D eigenvalue weighted by Gasteiger charge is 2.24. The molecule has 4 rings (SSSR count). The number of rotatable bonds is 4. The molecule has 148 valence electrons. The molecule has 0 unspecified atom stereocenters. The molecule has 0 atom stereocenters. The number of benzene rings is 2. The van der Waals surface area contributed by atoms with Gasteiger partial charge in [0.15, 0.2) is 5.13 Å². The zero-order valence-electron chi connectivity index (χ0n) is 17.2. The second-order valence-electron chi connectivity index (χ2n) is 8.42. The number of pyridine rings is 1. The van der Waals surface area contributed by atoms with E-state index in [2.05, 4.69) is 62.3 Å². The first-order valence-corrected chi connectivity index (χ1v) is 10.6. The van der Waals surface area contributed by atoms with Gasteiger partial charge in [0.1, 0.15) is 0 Å². The summed E-state index contributed by atoms with van der Waals surface area (Å²) in [7, 11) is 0. The van der Waals surface area contributed by atoms with Crippen molar-refractivity contribution in [1.82, 2.24) is 9.97 Å². The van der Waals surface area contributed by atoms with Crippen LogP contribution in [0.5, 0.6) is 0 Å². The van der Waals surface area contributed by atoms with Crippen LogP contribution in [-0.2, 0) is 11.8 Å². The number of hydrogen-bond donors (Lipinski definition) is 2. The van der Waals surface area contributed by atoms with Crippen molar-refractivity contribution in [2.24, 2.45) is 0 Å². The number of hydrogen-bond acceptors (Lipinski definition) is 4. The second-order valence-corrected chi connectivity index (χ2v) is 9.50. The van der Waals surface area contributed by atoms with Crippen LogP contribution in [0.15, 0.2) is 59.4 Å². The van der Waals surface area contributed by atoms with Gasteiger partial charge >= 0.3 is 0 Å². The van der Waals surface area contributed by atoms with Crippen LogP contribution in [0.25, 0.3) is 10.9 Å². The van der Waals surface area contributed by atoms with Crippen LogP contribution in [0.1, 0.15) is 42.5 Å². The van der Waals surface area contributed by atoms with E-state index in [4.69, 9.17) is 4.98 Å². The van der Waals surface area contributed by atoms with E-state index in [0.29, 0.717) is 6.42 Å². The van der Waals surface area contributed by atoms with Gasteiger partial charge in [0, 0.05) is 33.5 Å². The molecular formula is C24H25N3OS. The number of anilines is 2. The maximum absolute atomic E-state index is 12.6. The first-order chi connectivity index (χ1) is 13.8. The quantitative estimate of drug-likeness (QED) is 0.444. The van der Waals surface area contributed by atoms with Gasteiger partial charge in [-0.2, -0.15) is 0 Å². The third-order valence-corrected chi connectivity index (χ3v) is 5.86. The Morgan fingerprint density at radius 2 is 1.79 bits per heavy atom. The van der Waals surface area contributed by atoms with Crippen molar-refractivity contribution in [3.63, 3.8) is 0 Å². The molecule has 0 bridgehead atoms. The van der Waals surface area contributed by atoms with E-state index < -0.39 is 0 Å². The molecule has 4 aromatic rings. The number of thiazole rings is 1. The highest BCUT2D eigenvalue weighted by Crippen LogP contribution is 2.34. The molecule has 0 aliphatic heterocycles. The SMILES string of the molecule is Cc1ccc(Nc2nc(C(C)(C)C)c(Cc3cc4ccccc4[nH]c3=O)s2)cc1. The van der Waals surface area contributed by atoms with Crippen molar-refractivity contribution in [2.45, 2.75) is 39.5 Å². The molecule has 0 saturated heterocycles. The van der Waals surface area contributed by atoms with E-state index >= 15 is 0 Å². The third-order valence-electron chi connectivity index (χ3n) is 4.89. The van der Waals surface area contributed by atoms with E-state index in [1.807, 2.05) is 30.3 Å². The van der Waals surface area contributed by atoms with Crippen molar-refractivity contribution >= 4 is 33.1 Å². The summed E-state index contributed by atoms with van der Waals surface area (Å²) in [4.78, 5) is 21.6. The maximum Gasteiger partial charge on any atom is 0.251 e. The second kappa shape index (κ2) is 7.48. The molecule has 0 radical (unpaired) electrons. The summed E-state index contributed by atoms with van der Waals surface area (Å²) in [5.41, 5.74) is 4.75. The predicted molar refractivity (Wildman–Crippen MR) is 123 cm³/mol. The smallest absolute Gasteiger partial charge is 0.251 e. The molecule has 0 saturated carbocycles. The molecule has 0 fully saturated rings. The van der Waals surface area contributed by atoms with Gasteiger partial charge < -0.3 is 10.3 Å². The Hall–Kier alpha value is -2.92. The Bertz CT molecular complexity index is 1210. The summed E-state index contributed by atoms with van der Waals surface area (Å²) in [6, 6.07) is 18.1. The highest BCUT2D eigenvalue weighted by atomic mass is 32.1. The van der Waals surface area contributed by atoms with Gasteiger partial charge in [-0.25, -0.2) is 4.98 Å². The Kier molecular flexibility index (Phi) is 5.01. The Morgan fingerprint density at radius 1 is 1.07 bits per heavy atom. The van der Waals surface area contributed by atoms with Crippen LogP contribution >= 0.6 is 11.3 Å². The van der Waals surface area contributed by atoms with Gasteiger partial charge in [0.2, 0.25) is 0 Å². The summed E-state index contributed by atoms with van der Waals surface area (Å²) < 4.78 is 0. The monoisotopic (exact) mass is 403 g/mol. The first kappa shape index (κ1) is 19.4. The van der Waals surface area contributed by atoms with Crippen molar-refractivity contribution in [3.05, 3.63) is 86.6 Å². The topological polar surface area (TPSA) is 57.8 Å². The molecule has 2 N–H and O–H groups in total. The average Bonchev–Trinajstić information content (AvgIpc) is 3.07. The van der Waals surface area contributed by atoms with Gasteiger partial charge in [-0.05, 0) is 36.6 Å². The number of aromatic nitrogens is 2. The summed E-state index contributed by atoms with van der Waals surface area (Å²) in [5.74, 6) is 0. The van der Waals surface area contributed by atoms with E-state index in [1.165, 1.54) is 5.56 Å². The molecule has 2 aromatic carbocycles. The molecule has 29 heavy (non-hydrogen) atoms. The summed E-state index contributed by atoms with van der Waals surface area (Å²) in [6.07, 6.45) is 0.569. The number of nitrogens with one attached hydrogen (secondary N) is 2. The molecule has 0 spiro atoms. The Morgan fingerprint density at radius 3 is 2.52 bits per heavy atom. The van der Waals surface area contributed by atoms with E-state index in [9.17, 15) is 4.79 Å². The average molecular weight is 404 g/mol. The zero-order valence-corrected chi connectivity index (χ0v) is 18.0. The molecule has 0 aliphatic rings. The summed E-state index contributed by atoms with van der Waals surface area (Å²) >= 11 is 1.62. The summed E-state index contributed by atoms with van der Waals surface area (Å²) in [5, 5.41) is 5.31. The van der Waals surface area contributed by atoms with E-state index in [-0.39, 0.29) is 11.0 Å². The van der Waals surface area contributed by atoms with Crippen LogP contribution in [0.4, 0.5) is 10.8 Å². The van der Waals surface area contributed by atoms with Crippen molar-refractivity contribution in [2.75, 3.05) is 5.32 Å².